The second kappa shape index (κ2) is 7.37. The molecule has 0 aliphatic carbocycles. The molecule has 1 aromatic heterocycles. The molecule has 0 amide bonds. The van der Waals surface area contributed by atoms with Crippen LogP contribution >= 0.6 is 11.8 Å². The standard InChI is InChI=1S/C19H25N3S/c1-4-15(5-2)21-14(3)13-22-16-9-6-7-10-17(16)23-18-11-8-12-20-19(18)22/h6-12,14-15,21H,4-5,13H2,1-3H3. The third kappa shape index (κ3) is 3.54. The number of pyridine rings is 1. The summed E-state index contributed by atoms with van der Waals surface area (Å²) in [5.41, 5.74) is 1.27. The highest BCUT2D eigenvalue weighted by molar-refractivity contribution is 7.99. The maximum Gasteiger partial charge on any atom is 0.147 e. The van der Waals surface area contributed by atoms with Gasteiger partial charge in [0.25, 0.3) is 0 Å². The van der Waals surface area contributed by atoms with Crippen LogP contribution in [0.4, 0.5) is 11.5 Å². The Morgan fingerprint density at radius 2 is 1.83 bits per heavy atom. The monoisotopic (exact) mass is 327 g/mol. The van der Waals surface area contributed by atoms with Crippen LogP contribution in [0.25, 0.3) is 0 Å². The van der Waals surface area contributed by atoms with Gasteiger partial charge < -0.3 is 10.2 Å². The van der Waals surface area contributed by atoms with E-state index in [1.54, 1.807) is 0 Å². The van der Waals surface area contributed by atoms with Gasteiger partial charge in [-0.2, -0.15) is 0 Å². The van der Waals surface area contributed by atoms with Crippen molar-refractivity contribution in [3.8, 4) is 0 Å². The zero-order valence-electron chi connectivity index (χ0n) is 14.1. The first kappa shape index (κ1) is 16.3. The third-order valence-electron chi connectivity index (χ3n) is 4.34. The summed E-state index contributed by atoms with van der Waals surface area (Å²) in [6, 6.07) is 13.8. The smallest absolute Gasteiger partial charge is 0.147 e. The van der Waals surface area contributed by atoms with Crippen molar-refractivity contribution in [1.82, 2.24) is 10.3 Å². The van der Waals surface area contributed by atoms with Gasteiger partial charge >= 0.3 is 0 Å². The van der Waals surface area contributed by atoms with Crippen LogP contribution in [0.5, 0.6) is 0 Å². The van der Waals surface area contributed by atoms with Gasteiger partial charge in [0, 0.05) is 29.7 Å². The molecular weight excluding hydrogens is 302 g/mol. The Kier molecular flexibility index (Phi) is 5.23. The van der Waals surface area contributed by atoms with Gasteiger partial charge in [0.2, 0.25) is 0 Å². The predicted molar refractivity (Wildman–Crippen MR) is 98.8 cm³/mol. The molecule has 3 nitrogen and oxygen atoms in total. The van der Waals surface area contributed by atoms with Crippen LogP contribution in [-0.2, 0) is 0 Å². The predicted octanol–water partition coefficient (Wildman–Crippen LogP) is 4.85. The van der Waals surface area contributed by atoms with E-state index in [4.69, 9.17) is 0 Å². The maximum absolute atomic E-state index is 4.65. The van der Waals surface area contributed by atoms with Gasteiger partial charge in [-0.15, -0.1) is 0 Å². The summed E-state index contributed by atoms with van der Waals surface area (Å²) in [5, 5.41) is 3.75. The first-order chi connectivity index (χ1) is 11.2. The van der Waals surface area contributed by atoms with E-state index in [1.165, 1.54) is 28.3 Å². The van der Waals surface area contributed by atoms with Crippen molar-refractivity contribution in [2.75, 3.05) is 11.4 Å². The van der Waals surface area contributed by atoms with Crippen LogP contribution in [0.1, 0.15) is 33.6 Å². The summed E-state index contributed by atoms with van der Waals surface area (Å²) >= 11 is 1.81. The Balaban J connectivity index is 1.86. The lowest BCUT2D eigenvalue weighted by molar-refractivity contribution is 0.426. The fourth-order valence-electron chi connectivity index (χ4n) is 3.10. The molecule has 0 saturated carbocycles. The molecule has 1 aliphatic heterocycles. The number of hydrogen-bond donors (Lipinski definition) is 1. The first-order valence-electron chi connectivity index (χ1n) is 8.48. The molecule has 1 aliphatic rings. The molecule has 1 atom stereocenters. The molecule has 122 valence electrons. The average Bonchev–Trinajstić information content (AvgIpc) is 2.59. The van der Waals surface area contributed by atoms with Crippen molar-refractivity contribution in [2.24, 2.45) is 0 Å². The summed E-state index contributed by atoms with van der Waals surface area (Å²) in [6.07, 6.45) is 4.23. The van der Waals surface area contributed by atoms with Gasteiger partial charge in [0.1, 0.15) is 5.82 Å². The van der Waals surface area contributed by atoms with Crippen molar-refractivity contribution in [1.29, 1.82) is 0 Å². The molecule has 0 saturated heterocycles. The van der Waals surface area contributed by atoms with Crippen molar-refractivity contribution in [3.63, 3.8) is 0 Å². The Morgan fingerprint density at radius 1 is 1.09 bits per heavy atom. The van der Waals surface area contributed by atoms with Crippen LogP contribution in [0.3, 0.4) is 0 Å². The van der Waals surface area contributed by atoms with Gasteiger partial charge in [-0.25, -0.2) is 4.98 Å². The van der Waals surface area contributed by atoms with Gasteiger partial charge in [0.05, 0.1) is 10.6 Å². The molecule has 0 radical (unpaired) electrons. The molecule has 3 rings (SSSR count). The molecule has 4 heteroatoms. The number of rotatable bonds is 6. The molecule has 0 fully saturated rings. The zero-order valence-corrected chi connectivity index (χ0v) is 14.9. The Labute approximate surface area is 143 Å². The second-order valence-corrected chi connectivity index (χ2v) is 7.17. The van der Waals surface area contributed by atoms with E-state index in [-0.39, 0.29) is 0 Å². The number of benzene rings is 1. The quantitative estimate of drug-likeness (QED) is 0.821. The Hall–Kier alpha value is -1.52. The third-order valence-corrected chi connectivity index (χ3v) is 5.45. The zero-order chi connectivity index (χ0) is 16.2. The van der Waals surface area contributed by atoms with Crippen LogP contribution in [0.2, 0.25) is 0 Å². The molecule has 0 bridgehead atoms. The maximum atomic E-state index is 4.65. The number of fused-ring (bicyclic) bond motifs is 2. The van der Waals surface area contributed by atoms with Crippen molar-refractivity contribution < 1.29 is 0 Å². The number of para-hydroxylation sites is 1. The summed E-state index contributed by atoms with van der Waals surface area (Å²) in [6.45, 7) is 7.69. The molecule has 2 aromatic rings. The van der Waals surface area contributed by atoms with E-state index >= 15 is 0 Å². The number of nitrogens with one attached hydrogen (secondary N) is 1. The fourth-order valence-corrected chi connectivity index (χ4v) is 4.17. The molecular formula is C19H25N3S. The normalized spacial score (nSPS) is 14.5. The van der Waals surface area contributed by atoms with Crippen molar-refractivity contribution in [3.05, 3.63) is 42.6 Å². The lowest BCUT2D eigenvalue weighted by atomic mass is 10.1. The fraction of sp³-hybridized carbons (Fsp3) is 0.421. The number of nitrogens with zero attached hydrogens (tertiary/aromatic N) is 2. The van der Waals surface area contributed by atoms with Crippen LogP contribution in [0.15, 0.2) is 52.4 Å². The minimum absolute atomic E-state index is 0.408. The molecule has 1 unspecified atom stereocenters. The minimum atomic E-state index is 0.408. The minimum Gasteiger partial charge on any atom is -0.323 e. The van der Waals surface area contributed by atoms with Gasteiger partial charge in [0.15, 0.2) is 0 Å². The van der Waals surface area contributed by atoms with Crippen LogP contribution in [-0.4, -0.2) is 23.6 Å². The lowest BCUT2D eigenvalue weighted by Crippen LogP contribution is -2.43. The Bertz CT molecular complexity index is 609. The summed E-state index contributed by atoms with van der Waals surface area (Å²) < 4.78 is 0. The summed E-state index contributed by atoms with van der Waals surface area (Å²) in [7, 11) is 0. The topological polar surface area (TPSA) is 28.2 Å². The van der Waals surface area contributed by atoms with Crippen LogP contribution < -0.4 is 10.2 Å². The largest absolute Gasteiger partial charge is 0.323 e. The number of aromatic nitrogens is 1. The molecule has 1 aromatic carbocycles. The summed E-state index contributed by atoms with van der Waals surface area (Å²) in [5.74, 6) is 1.08. The van der Waals surface area contributed by atoms with Crippen molar-refractivity contribution >= 4 is 23.3 Å². The highest BCUT2D eigenvalue weighted by Gasteiger charge is 2.25. The molecule has 2 heterocycles. The number of anilines is 2. The SMILES string of the molecule is CCC(CC)NC(C)CN1c2ccccc2Sc2cccnc21. The summed E-state index contributed by atoms with van der Waals surface area (Å²) in [4.78, 5) is 9.56. The highest BCUT2D eigenvalue weighted by atomic mass is 32.2. The van der Waals surface area contributed by atoms with Gasteiger partial charge in [-0.05, 0) is 44.0 Å². The number of hydrogen-bond acceptors (Lipinski definition) is 4. The Morgan fingerprint density at radius 3 is 2.61 bits per heavy atom. The van der Waals surface area contributed by atoms with Gasteiger partial charge in [-0.3, -0.25) is 0 Å². The lowest BCUT2D eigenvalue weighted by Gasteiger charge is -2.34. The van der Waals surface area contributed by atoms with E-state index in [0.717, 1.165) is 12.4 Å². The van der Waals surface area contributed by atoms with E-state index in [0.29, 0.717) is 12.1 Å². The molecule has 1 N–H and O–H groups in total. The van der Waals surface area contributed by atoms with E-state index in [2.05, 4.69) is 66.3 Å². The molecule has 23 heavy (non-hydrogen) atoms. The average molecular weight is 327 g/mol. The van der Waals surface area contributed by atoms with Crippen molar-refractivity contribution in [2.45, 2.75) is 55.5 Å². The van der Waals surface area contributed by atoms with Crippen LogP contribution in [0, 0.1) is 0 Å². The van der Waals surface area contributed by atoms with E-state index in [9.17, 15) is 0 Å². The van der Waals surface area contributed by atoms with E-state index < -0.39 is 0 Å². The highest BCUT2D eigenvalue weighted by Crippen LogP contribution is 2.46. The first-order valence-corrected chi connectivity index (χ1v) is 9.30. The molecule has 0 spiro atoms. The van der Waals surface area contributed by atoms with Gasteiger partial charge in [-0.1, -0.05) is 37.7 Å². The van der Waals surface area contributed by atoms with E-state index in [1.807, 2.05) is 24.0 Å². The second-order valence-electron chi connectivity index (χ2n) is 6.09.